The number of nitrogens with zero attached hydrogens (tertiary/aromatic N) is 1. The molecule has 0 N–H and O–H groups in total. The molecule has 0 aliphatic heterocycles. The van der Waals surface area contributed by atoms with Crippen molar-refractivity contribution in [3.05, 3.63) is 39.6 Å². The number of hydrogen-bond donors (Lipinski definition) is 0. The van der Waals surface area contributed by atoms with Crippen LogP contribution in [0, 0.1) is 5.41 Å². The monoisotopic (exact) mass is 449 g/mol. The second-order valence-electron chi connectivity index (χ2n) is 8.99. The first-order chi connectivity index (χ1) is 14.5. The average Bonchev–Trinajstić information content (AvgIpc) is 3.53. The van der Waals surface area contributed by atoms with Crippen molar-refractivity contribution >= 4 is 29.2 Å². The van der Waals surface area contributed by atoms with Gasteiger partial charge in [-0.2, -0.15) is 0 Å². The van der Waals surface area contributed by atoms with Crippen LogP contribution < -0.4 is 0 Å². The van der Waals surface area contributed by atoms with Crippen LogP contribution in [0.5, 0.6) is 0 Å². The van der Waals surface area contributed by atoms with Crippen molar-refractivity contribution in [3.63, 3.8) is 0 Å². The van der Waals surface area contributed by atoms with Gasteiger partial charge in [-0.05, 0) is 63.5 Å². The first-order valence-electron chi connectivity index (χ1n) is 10.6. The highest BCUT2D eigenvalue weighted by Gasteiger charge is 2.54. The van der Waals surface area contributed by atoms with Crippen molar-refractivity contribution in [3.8, 4) is 11.3 Å². The van der Waals surface area contributed by atoms with E-state index in [0.717, 1.165) is 62.7 Å². The van der Waals surface area contributed by atoms with E-state index in [0.29, 0.717) is 33.8 Å². The van der Waals surface area contributed by atoms with Crippen LogP contribution in [-0.4, -0.2) is 23.8 Å². The molecular formula is C23H25Cl2NO4. The first-order valence-corrected chi connectivity index (χ1v) is 11.4. The minimum absolute atomic E-state index is 0.0681. The molecule has 4 fully saturated rings. The zero-order chi connectivity index (χ0) is 20.9. The fraction of sp³-hybridized carbons (Fsp3) is 0.565. The predicted octanol–water partition coefficient (Wildman–Crippen LogP) is 6.31. The number of benzene rings is 1. The molecule has 0 radical (unpaired) electrons. The van der Waals surface area contributed by atoms with Crippen LogP contribution in [0.15, 0.2) is 22.7 Å². The minimum atomic E-state index is -0.313. The average molecular weight is 450 g/mol. The number of ether oxygens (including phenoxy) is 2. The molecule has 0 spiro atoms. The van der Waals surface area contributed by atoms with Gasteiger partial charge in [0, 0.05) is 17.0 Å². The number of methoxy groups -OCH3 is 1. The molecule has 7 heteroatoms. The molecule has 1 aromatic heterocycles. The van der Waals surface area contributed by atoms with Gasteiger partial charge < -0.3 is 14.0 Å². The predicted molar refractivity (Wildman–Crippen MR) is 114 cm³/mol. The lowest BCUT2D eigenvalue weighted by atomic mass is 9.58. The third-order valence-electron chi connectivity index (χ3n) is 7.28. The van der Waals surface area contributed by atoms with Crippen molar-refractivity contribution in [1.29, 1.82) is 0 Å². The van der Waals surface area contributed by atoms with E-state index < -0.39 is 0 Å². The molecule has 5 nitrogen and oxygen atoms in total. The highest BCUT2D eigenvalue weighted by molar-refractivity contribution is 6.39. The minimum Gasteiger partial charge on any atom is -0.469 e. The van der Waals surface area contributed by atoms with E-state index in [2.05, 4.69) is 5.16 Å². The molecule has 1 aromatic carbocycles. The Balaban J connectivity index is 1.40. The molecule has 2 bridgehead atoms. The summed E-state index contributed by atoms with van der Waals surface area (Å²) in [7, 11) is 1.48. The summed E-state index contributed by atoms with van der Waals surface area (Å²) in [5.74, 6) is 1.22. The van der Waals surface area contributed by atoms with Gasteiger partial charge in [-0.3, -0.25) is 4.79 Å². The normalized spacial score (nSPS) is 28.0. The number of fused-ring (bicyclic) bond motifs is 3. The number of carbonyl (C=O) groups is 1. The summed E-state index contributed by atoms with van der Waals surface area (Å²) in [5, 5.41) is 5.45. The van der Waals surface area contributed by atoms with Crippen molar-refractivity contribution in [1.82, 2.24) is 5.16 Å². The van der Waals surface area contributed by atoms with Gasteiger partial charge in [-0.15, -0.1) is 0 Å². The van der Waals surface area contributed by atoms with E-state index in [1.54, 1.807) is 0 Å². The maximum Gasteiger partial charge on any atom is 0.311 e. The van der Waals surface area contributed by atoms with Gasteiger partial charge in [0.05, 0.1) is 34.8 Å². The molecule has 0 atom stereocenters. The lowest BCUT2D eigenvalue weighted by molar-refractivity contribution is -0.178. The maximum absolute atomic E-state index is 12.3. The van der Waals surface area contributed by atoms with Gasteiger partial charge in [0.1, 0.15) is 11.5 Å². The van der Waals surface area contributed by atoms with Crippen LogP contribution in [0.2, 0.25) is 10.0 Å². The quantitative estimate of drug-likeness (QED) is 0.483. The SMILES string of the molecule is COC(=O)C12CCC(OCc3c(-c4c(Cl)cccc4Cl)noc3C3CC3)(CC1)CC2. The summed E-state index contributed by atoms with van der Waals surface area (Å²) >= 11 is 12.9. The molecule has 4 aliphatic carbocycles. The van der Waals surface area contributed by atoms with E-state index in [1.165, 1.54) is 7.11 Å². The molecule has 6 rings (SSSR count). The number of aromatic nitrogens is 1. The molecule has 0 saturated heterocycles. The van der Waals surface area contributed by atoms with Crippen molar-refractivity contribution in [2.24, 2.45) is 5.41 Å². The molecule has 2 aromatic rings. The van der Waals surface area contributed by atoms with Crippen LogP contribution in [0.25, 0.3) is 11.3 Å². The fourth-order valence-electron chi connectivity index (χ4n) is 5.16. The fourth-order valence-corrected chi connectivity index (χ4v) is 5.74. The molecule has 0 unspecified atom stereocenters. The summed E-state index contributed by atoms with van der Waals surface area (Å²) in [6.07, 6.45) is 7.28. The number of esters is 1. The Kier molecular flexibility index (Phi) is 5.11. The maximum atomic E-state index is 12.3. The lowest BCUT2D eigenvalue weighted by Crippen LogP contribution is -2.51. The van der Waals surface area contributed by atoms with Gasteiger partial charge in [0.2, 0.25) is 0 Å². The number of rotatable bonds is 6. The molecule has 4 saturated carbocycles. The molecule has 160 valence electrons. The Labute approximate surface area is 186 Å². The zero-order valence-corrected chi connectivity index (χ0v) is 18.5. The Morgan fingerprint density at radius 1 is 1.13 bits per heavy atom. The molecule has 0 amide bonds. The standard InChI is InChI=1S/C23H25Cl2NO4/c1-28-21(27)22-7-10-23(11-8-22,12-9-22)29-13-15-19(26-30-20(15)14-5-6-14)18-16(24)3-2-4-17(18)25/h2-4,14H,5-13H2,1H3. The van der Waals surface area contributed by atoms with Crippen molar-refractivity contribution in [2.45, 2.75) is 69.5 Å². The van der Waals surface area contributed by atoms with Crippen LogP contribution >= 0.6 is 23.2 Å². The van der Waals surface area contributed by atoms with E-state index in [-0.39, 0.29) is 17.0 Å². The molecular weight excluding hydrogens is 425 g/mol. The number of carbonyl (C=O) groups excluding carboxylic acids is 1. The van der Waals surface area contributed by atoms with Gasteiger partial charge in [-0.1, -0.05) is 34.4 Å². The van der Waals surface area contributed by atoms with Gasteiger partial charge in [0.25, 0.3) is 0 Å². The van der Waals surface area contributed by atoms with Crippen molar-refractivity contribution in [2.75, 3.05) is 7.11 Å². The second kappa shape index (κ2) is 7.54. The van der Waals surface area contributed by atoms with Crippen LogP contribution in [-0.2, 0) is 20.9 Å². The van der Waals surface area contributed by atoms with E-state index in [4.69, 9.17) is 37.2 Å². The summed E-state index contributed by atoms with van der Waals surface area (Å²) in [5.41, 5.74) is 1.82. The molecule has 1 heterocycles. The molecule has 30 heavy (non-hydrogen) atoms. The lowest BCUT2D eigenvalue weighted by Gasteiger charge is -2.51. The van der Waals surface area contributed by atoms with E-state index >= 15 is 0 Å². The van der Waals surface area contributed by atoms with Crippen LogP contribution in [0.4, 0.5) is 0 Å². The van der Waals surface area contributed by atoms with Crippen molar-refractivity contribution < 1.29 is 18.8 Å². The number of hydrogen-bond acceptors (Lipinski definition) is 5. The summed E-state index contributed by atoms with van der Waals surface area (Å²) < 4.78 is 17.4. The van der Waals surface area contributed by atoms with Crippen LogP contribution in [0.3, 0.4) is 0 Å². The second-order valence-corrected chi connectivity index (χ2v) is 9.80. The van der Waals surface area contributed by atoms with Crippen LogP contribution in [0.1, 0.15) is 68.6 Å². The third kappa shape index (κ3) is 3.35. The number of halogens is 2. The van der Waals surface area contributed by atoms with E-state index in [1.807, 2.05) is 18.2 Å². The third-order valence-corrected chi connectivity index (χ3v) is 7.91. The highest BCUT2D eigenvalue weighted by atomic mass is 35.5. The van der Waals surface area contributed by atoms with Gasteiger partial charge >= 0.3 is 5.97 Å². The topological polar surface area (TPSA) is 61.6 Å². The van der Waals surface area contributed by atoms with E-state index in [9.17, 15) is 4.79 Å². The smallest absolute Gasteiger partial charge is 0.311 e. The zero-order valence-electron chi connectivity index (χ0n) is 17.0. The molecule has 4 aliphatic rings. The van der Waals surface area contributed by atoms with Gasteiger partial charge in [-0.25, -0.2) is 0 Å². The van der Waals surface area contributed by atoms with Gasteiger partial charge in [0.15, 0.2) is 0 Å². The Hall–Kier alpha value is -1.56. The summed E-state index contributed by atoms with van der Waals surface area (Å²) in [4.78, 5) is 12.3. The summed E-state index contributed by atoms with van der Waals surface area (Å²) in [6.45, 7) is 0.414. The summed E-state index contributed by atoms with van der Waals surface area (Å²) in [6, 6.07) is 5.45. The Morgan fingerprint density at radius 3 is 2.33 bits per heavy atom. The Morgan fingerprint density at radius 2 is 1.77 bits per heavy atom. The highest BCUT2D eigenvalue weighted by Crippen LogP contribution is 2.55. The first kappa shape index (κ1) is 20.3. The Bertz CT molecular complexity index is 937. The largest absolute Gasteiger partial charge is 0.469 e.